The highest BCUT2D eigenvalue weighted by Crippen LogP contribution is 2.47. The van der Waals surface area contributed by atoms with Gasteiger partial charge in [-0.25, -0.2) is 0 Å². The summed E-state index contributed by atoms with van der Waals surface area (Å²) in [5, 5.41) is 1.25. The second kappa shape index (κ2) is 5.49. The Bertz CT molecular complexity index is 285. The first-order valence-corrected chi connectivity index (χ1v) is 11.5. The molecule has 1 saturated carbocycles. The summed E-state index contributed by atoms with van der Waals surface area (Å²) in [6, 6.07) is 0. The Balaban J connectivity index is 1.91. The molecule has 2 rings (SSSR count). The van der Waals surface area contributed by atoms with Crippen molar-refractivity contribution in [3.8, 4) is 0 Å². The van der Waals surface area contributed by atoms with Crippen molar-refractivity contribution in [2.75, 3.05) is 0 Å². The van der Waals surface area contributed by atoms with Gasteiger partial charge in [-0.1, -0.05) is 33.6 Å². The van der Waals surface area contributed by atoms with Crippen LogP contribution in [0.4, 0.5) is 0 Å². The fraction of sp³-hybridized carbons (Fsp3) is 1.00. The number of fused-ring (bicyclic) bond motifs is 1. The van der Waals surface area contributed by atoms with Crippen molar-refractivity contribution in [1.29, 1.82) is 0 Å². The zero-order valence-electron chi connectivity index (χ0n) is 12.8. The monoisotopic (exact) mass is 286 g/mol. The van der Waals surface area contributed by atoms with E-state index in [-0.39, 0.29) is 0 Å². The van der Waals surface area contributed by atoms with Crippen molar-refractivity contribution in [3.05, 3.63) is 0 Å². The Hall–Kier alpha value is 0.527. The molecular formula is C15H30OSSi. The Morgan fingerprint density at radius 2 is 1.67 bits per heavy atom. The molecule has 0 aromatic heterocycles. The van der Waals surface area contributed by atoms with Crippen LogP contribution in [0.1, 0.15) is 59.3 Å². The first kappa shape index (κ1) is 14.9. The van der Waals surface area contributed by atoms with Gasteiger partial charge in [0.25, 0.3) is 0 Å². The average Bonchev–Trinajstić information content (AvgIpc) is 2.27. The van der Waals surface area contributed by atoms with Crippen molar-refractivity contribution in [3.63, 3.8) is 0 Å². The van der Waals surface area contributed by atoms with Gasteiger partial charge in [-0.2, -0.15) is 0 Å². The van der Waals surface area contributed by atoms with Gasteiger partial charge >= 0.3 is 0 Å². The van der Waals surface area contributed by atoms with Gasteiger partial charge in [-0.3, -0.25) is 0 Å². The molecule has 1 saturated heterocycles. The third-order valence-corrected chi connectivity index (χ3v) is 11.4. The minimum Gasteiger partial charge on any atom is -0.405 e. The van der Waals surface area contributed by atoms with Gasteiger partial charge < -0.3 is 4.43 Å². The second-order valence-corrected chi connectivity index (χ2v) is 13.8. The predicted molar refractivity (Wildman–Crippen MR) is 84.6 cm³/mol. The normalized spacial score (nSPS) is 34.2. The molecule has 3 atom stereocenters. The van der Waals surface area contributed by atoms with E-state index in [1.54, 1.807) is 0 Å². The van der Waals surface area contributed by atoms with Crippen LogP contribution in [0.15, 0.2) is 0 Å². The third kappa shape index (κ3) is 3.34. The zero-order valence-corrected chi connectivity index (χ0v) is 14.6. The fourth-order valence-electron chi connectivity index (χ4n) is 2.89. The predicted octanol–water partition coefficient (Wildman–Crippen LogP) is 5.42. The molecule has 0 amide bonds. The molecule has 1 heterocycles. The van der Waals surface area contributed by atoms with E-state index in [2.05, 4.69) is 45.6 Å². The number of rotatable bonds is 2. The van der Waals surface area contributed by atoms with E-state index in [1.165, 1.54) is 38.5 Å². The molecule has 0 aromatic carbocycles. The highest BCUT2D eigenvalue weighted by molar-refractivity contribution is 8.00. The minimum atomic E-state index is -1.57. The summed E-state index contributed by atoms with van der Waals surface area (Å²) in [4.78, 5) is 0. The summed E-state index contributed by atoms with van der Waals surface area (Å²) in [5.41, 5.74) is 0.491. The van der Waals surface area contributed by atoms with Gasteiger partial charge in [-0.05, 0) is 49.7 Å². The van der Waals surface area contributed by atoms with Gasteiger partial charge in [0.05, 0.1) is 5.44 Å². The Labute approximate surface area is 119 Å². The maximum Gasteiger partial charge on any atom is 0.193 e. The molecule has 106 valence electrons. The van der Waals surface area contributed by atoms with Crippen LogP contribution < -0.4 is 0 Å². The average molecular weight is 287 g/mol. The maximum absolute atomic E-state index is 6.59. The smallest absolute Gasteiger partial charge is 0.193 e. The topological polar surface area (TPSA) is 9.23 Å². The van der Waals surface area contributed by atoms with E-state index < -0.39 is 8.32 Å². The third-order valence-electron chi connectivity index (χ3n) is 5.17. The van der Waals surface area contributed by atoms with E-state index >= 15 is 0 Å². The SMILES string of the molecule is CC(C)(C)[Si](C)(C)O[C@H]1CC[C@H]2CCCC[C@@H]2S1. The van der Waals surface area contributed by atoms with Gasteiger partial charge in [0.15, 0.2) is 8.32 Å². The van der Waals surface area contributed by atoms with E-state index in [0.29, 0.717) is 10.5 Å². The molecule has 18 heavy (non-hydrogen) atoms. The lowest BCUT2D eigenvalue weighted by atomic mass is 9.85. The highest BCUT2D eigenvalue weighted by atomic mass is 32.2. The summed E-state index contributed by atoms with van der Waals surface area (Å²) in [6.07, 6.45) is 8.53. The zero-order chi connectivity index (χ0) is 13.4. The Kier molecular flexibility index (Phi) is 4.55. The van der Waals surface area contributed by atoms with Crippen molar-refractivity contribution >= 4 is 20.1 Å². The lowest BCUT2D eigenvalue weighted by Gasteiger charge is -2.44. The van der Waals surface area contributed by atoms with Crippen LogP contribution in [0.3, 0.4) is 0 Å². The van der Waals surface area contributed by atoms with E-state index in [9.17, 15) is 0 Å². The van der Waals surface area contributed by atoms with E-state index in [4.69, 9.17) is 4.43 Å². The second-order valence-electron chi connectivity index (χ2n) is 7.60. The lowest BCUT2D eigenvalue weighted by Crippen LogP contribution is -2.45. The van der Waals surface area contributed by atoms with Gasteiger partial charge in [-0.15, -0.1) is 11.8 Å². The number of hydrogen-bond acceptors (Lipinski definition) is 2. The summed E-state index contributed by atoms with van der Waals surface area (Å²) >= 11 is 2.17. The van der Waals surface area contributed by atoms with Gasteiger partial charge in [0.2, 0.25) is 0 Å². The molecule has 2 fully saturated rings. The van der Waals surface area contributed by atoms with E-state index in [0.717, 1.165) is 11.2 Å². The van der Waals surface area contributed by atoms with Crippen LogP contribution in [-0.2, 0) is 4.43 Å². The number of thioether (sulfide) groups is 1. The molecule has 1 nitrogen and oxygen atoms in total. The van der Waals surface area contributed by atoms with Crippen LogP contribution in [0, 0.1) is 5.92 Å². The summed E-state index contributed by atoms with van der Waals surface area (Å²) in [6.45, 7) is 11.8. The van der Waals surface area contributed by atoms with Crippen LogP contribution in [-0.4, -0.2) is 19.0 Å². The molecule has 3 heteroatoms. The molecule has 1 aliphatic heterocycles. The molecule has 2 aliphatic rings. The minimum absolute atomic E-state index is 0.344. The Morgan fingerprint density at radius 3 is 2.33 bits per heavy atom. The molecule has 0 spiro atoms. The molecule has 0 aromatic rings. The summed E-state index contributed by atoms with van der Waals surface area (Å²) < 4.78 is 6.59. The summed E-state index contributed by atoms with van der Waals surface area (Å²) in [5.74, 6) is 1.00. The van der Waals surface area contributed by atoms with Crippen molar-refractivity contribution in [1.82, 2.24) is 0 Å². The largest absolute Gasteiger partial charge is 0.405 e. The van der Waals surface area contributed by atoms with Crippen molar-refractivity contribution in [2.24, 2.45) is 5.92 Å². The molecule has 0 bridgehead atoms. The highest BCUT2D eigenvalue weighted by Gasteiger charge is 2.41. The van der Waals surface area contributed by atoms with Crippen LogP contribution in [0.5, 0.6) is 0 Å². The lowest BCUT2D eigenvalue weighted by molar-refractivity contribution is 0.211. The number of hydrogen-bond donors (Lipinski definition) is 0. The maximum atomic E-state index is 6.59. The first-order chi connectivity index (χ1) is 8.29. The van der Waals surface area contributed by atoms with Crippen LogP contribution in [0.25, 0.3) is 0 Å². The molecular weight excluding hydrogens is 256 g/mol. The fourth-order valence-corrected chi connectivity index (χ4v) is 6.42. The van der Waals surface area contributed by atoms with Crippen molar-refractivity contribution < 1.29 is 4.43 Å². The van der Waals surface area contributed by atoms with Gasteiger partial charge in [0.1, 0.15) is 0 Å². The Morgan fingerprint density at radius 1 is 1.00 bits per heavy atom. The molecule has 0 radical (unpaired) electrons. The standard InChI is InChI=1S/C15H30OSSi/c1-15(2,3)18(4,5)16-14-11-10-12-8-6-7-9-13(12)17-14/h12-14H,6-11H2,1-5H3/t12-,13+,14-/m1/s1. The van der Waals surface area contributed by atoms with Crippen LogP contribution in [0.2, 0.25) is 18.1 Å². The van der Waals surface area contributed by atoms with Crippen LogP contribution >= 0.6 is 11.8 Å². The molecule has 0 unspecified atom stereocenters. The first-order valence-electron chi connectivity index (χ1n) is 7.63. The molecule has 0 N–H and O–H groups in total. The molecule has 1 aliphatic carbocycles. The van der Waals surface area contributed by atoms with Gasteiger partial charge in [0, 0.05) is 5.25 Å². The quantitative estimate of drug-likeness (QED) is 0.627. The van der Waals surface area contributed by atoms with Crippen molar-refractivity contribution in [2.45, 2.75) is 88.1 Å². The van der Waals surface area contributed by atoms with E-state index in [1.807, 2.05) is 0 Å². The summed E-state index contributed by atoms with van der Waals surface area (Å²) in [7, 11) is -1.57.